The van der Waals surface area contributed by atoms with E-state index in [-0.39, 0.29) is 18.5 Å². The Bertz CT molecular complexity index is 191. The van der Waals surface area contributed by atoms with E-state index in [2.05, 4.69) is 4.84 Å². The first-order valence-electron chi connectivity index (χ1n) is 3.25. The summed E-state index contributed by atoms with van der Waals surface area (Å²) in [4.78, 5) is 4.64. The third-order valence-electron chi connectivity index (χ3n) is 1.47. The summed E-state index contributed by atoms with van der Waals surface area (Å²) in [6.07, 6.45) is -0.0128. The molecular formula is C8H12ClNO. The molecule has 0 fully saturated rings. The van der Waals surface area contributed by atoms with E-state index >= 15 is 0 Å². The predicted octanol–water partition coefficient (Wildman–Crippen LogP) is 2.06. The maximum Gasteiger partial charge on any atom is 0.101 e. The summed E-state index contributed by atoms with van der Waals surface area (Å²) in [6.45, 7) is 1.91. The first kappa shape index (κ1) is 10.4. The summed E-state index contributed by atoms with van der Waals surface area (Å²) in [5, 5.41) is 0. The third-order valence-corrected chi connectivity index (χ3v) is 1.47. The summed E-state index contributed by atoms with van der Waals surface area (Å²) in [6, 6.07) is 9.86. The van der Waals surface area contributed by atoms with Crippen LogP contribution in [-0.4, -0.2) is 0 Å². The van der Waals surface area contributed by atoms with Gasteiger partial charge < -0.3 is 0 Å². The highest BCUT2D eigenvalue weighted by Crippen LogP contribution is 2.12. The molecule has 0 saturated heterocycles. The van der Waals surface area contributed by atoms with E-state index in [1.807, 2.05) is 37.3 Å². The molecule has 2 N–H and O–H groups in total. The lowest BCUT2D eigenvalue weighted by molar-refractivity contribution is 0.0664. The number of rotatable bonds is 2. The first-order valence-corrected chi connectivity index (χ1v) is 3.25. The van der Waals surface area contributed by atoms with Crippen molar-refractivity contribution in [1.82, 2.24) is 0 Å². The Morgan fingerprint density at radius 2 is 1.82 bits per heavy atom. The minimum atomic E-state index is -0.0128. The fraction of sp³-hybridized carbons (Fsp3) is 0.250. The van der Waals surface area contributed by atoms with Crippen LogP contribution in [0.3, 0.4) is 0 Å². The van der Waals surface area contributed by atoms with Gasteiger partial charge in [0.2, 0.25) is 0 Å². The summed E-state index contributed by atoms with van der Waals surface area (Å²) in [5.41, 5.74) is 1.10. The molecule has 11 heavy (non-hydrogen) atoms. The standard InChI is InChI=1S/C8H11NO.ClH/c1-7(10-9)8-5-3-2-4-6-8;/h2-7H,9H2,1H3;1H/t7-;/m1./s1. The van der Waals surface area contributed by atoms with Gasteiger partial charge in [-0.05, 0) is 12.5 Å². The molecule has 2 nitrogen and oxygen atoms in total. The molecule has 0 spiro atoms. The van der Waals surface area contributed by atoms with Gasteiger partial charge in [0.1, 0.15) is 6.10 Å². The second kappa shape index (κ2) is 5.13. The molecular weight excluding hydrogens is 162 g/mol. The van der Waals surface area contributed by atoms with Crippen molar-refractivity contribution in [3.63, 3.8) is 0 Å². The number of hydrogen-bond acceptors (Lipinski definition) is 2. The Balaban J connectivity index is 0.000001000. The van der Waals surface area contributed by atoms with Crippen molar-refractivity contribution in [2.45, 2.75) is 13.0 Å². The highest BCUT2D eigenvalue weighted by Gasteiger charge is 2.00. The molecule has 0 unspecified atom stereocenters. The quantitative estimate of drug-likeness (QED) is 0.695. The highest BCUT2D eigenvalue weighted by atomic mass is 35.5. The average molecular weight is 174 g/mol. The highest BCUT2D eigenvalue weighted by molar-refractivity contribution is 5.85. The number of benzene rings is 1. The van der Waals surface area contributed by atoms with Gasteiger partial charge in [0.05, 0.1) is 0 Å². The smallest absolute Gasteiger partial charge is 0.101 e. The second-order valence-electron chi connectivity index (χ2n) is 2.19. The summed E-state index contributed by atoms with van der Waals surface area (Å²) in [7, 11) is 0. The van der Waals surface area contributed by atoms with Crippen molar-refractivity contribution in [2.24, 2.45) is 5.90 Å². The lowest BCUT2D eigenvalue weighted by Crippen LogP contribution is -2.04. The van der Waals surface area contributed by atoms with E-state index in [9.17, 15) is 0 Å². The van der Waals surface area contributed by atoms with Crippen LogP contribution in [0.2, 0.25) is 0 Å². The van der Waals surface area contributed by atoms with E-state index in [4.69, 9.17) is 5.90 Å². The Morgan fingerprint density at radius 3 is 2.27 bits per heavy atom. The summed E-state index contributed by atoms with van der Waals surface area (Å²) in [5.74, 6) is 5.00. The average Bonchev–Trinajstić information content (AvgIpc) is 2.05. The van der Waals surface area contributed by atoms with Crippen molar-refractivity contribution in [2.75, 3.05) is 0 Å². The maximum absolute atomic E-state index is 5.00. The molecule has 0 amide bonds. The molecule has 0 bridgehead atoms. The SMILES string of the molecule is C[C@@H](ON)c1ccccc1.Cl. The minimum Gasteiger partial charge on any atom is -0.297 e. The van der Waals surface area contributed by atoms with Crippen molar-refractivity contribution in [3.05, 3.63) is 35.9 Å². The zero-order valence-electron chi connectivity index (χ0n) is 6.36. The predicted molar refractivity (Wildman–Crippen MR) is 47.4 cm³/mol. The van der Waals surface area contributed by atoms with Crippen molar-refractivity contribution in [1.29, 1.82) is 0 Å². The minimum absolute atomic E-state index is 0. The van der Waals surface area contributed by atoms with Gasteiger partial charge in [0, 0.05) is 0 Å². The molecule has 1 aromatic rings. The fourth-order valence-electron chi connectivity index (χ4n) is 0.803. The van der Waals surface area contributed by atoms with Crippen LogP contribution in [0.15, 0.2) is 30.3 Å². The van der Waals surface area contributed by atoms with Crippen LogP contribution in [-0.2, 0) is 4.84 Å². The van der Waals surface area contributed by atoms with Crippen molar-refractivity contribution < 1.29 is 4.84 Å². The molecule has 0 radical (unpaired) electrons. The Morgan fingerprint density at radius 1 is 1.27 bits per heavy atom. The van der Waals surface area contributed by atoms with Gasteiger partial charge in [-0.3, -0.25) is 4.84 Å². The van der Waals surface area contributed by atoms with Gasteiger partial charge in [-0.2, -0.15) is 0 Å². The molecule has 1 atom stereocenters. The number of nitrogens with two attached hydrogens (primary N) is 1. The molecule has 1 rings (SSSR count). The molecule has 0 aliphatic carbocycles. The molecule has 0 heterocycles. The fourth-order valence-corrected chi connectivity index (χ4v) is 0.803. The van der Waals surface area contributed by atoms with Crippen LogP contribution in [0.25, 0.3) is 0 Å². The molecule has 0 saturated carbocycles. The molecule has 0 aliphatic rings. The van der Waals surface area contributed by atoms with Crippen molar-refractivity contribution >= 4 is 12.4 Å². The van der Waals surface area contributed by atoms with Gasteiger partial charge in [0.15, 0.2) is 0 Å². The zero-order chi connectivity index (χ0) is 7.40. The van der Waals surface area contributed by atoms with E-state index in [0.717, 1.165) is 5.56 Å². The van der Waals surface area contributed by atoms with E-state index in [1.165, 1.54) is 0 Å². The van der Waals surface area contributed by atoms with E-state index in [0.29, 0.717) is 0 Å². The number of hydrogen-bond donors (Lipinski definition) is 1. The Labute approximate surface area is 72.7 Å². The van der Waals surface area contributed by atoms with Crippen LogP contribution in [0.1, 0.15) is 18.6 Å². The van der Waals surface area contributed by atoms with Crippen LogP contribution >= 0.6 is 12.4 Å². The van der Waals surface area contributed by atoms with E-state index in [1.54, 1.807) is 0 Å². The van der Waals surface area contributed by atoms with Gasteiger partial charge >= 0.3 is 0 Å². The van der Waals surface area contributed by atoms with Crippen LogP contribution in [0, 0.1) is 0 Å². The molecule has 0 aliphatic heterocycles. The van der Waals surface area contributed by atoms with Crippen molar-refractivity contribution in [3.8, 4) is 0 Å². The van der Waals surface area contributed by atoms with Gasteiger partial charge in [-0.25, -0.2) is 5.90 Å². The first-order chi connectivity index (χ1) is 4.84. The monoisotopic (exact) mass is 173 g/mol. The van der Waals surface area contributed by atoms with Gasteiger partial charge in [-0.1, -0.05) is 30.3 Å². The van der Waals surface area contributed by atoms with Crippen LogP contribution in [0.5, 0.6) is 0 Å². The van der Waals surface area contributed by atoms with E-state index < -0.39 is 0 Å². The molecule has 1 aromatic carbocycles. The lowest BCUT2D eigenvalue weighted by Gasteiger charge is -2.06. The van der Waals surface area contributed by atoms with Crippen LogP contribution in [0.4, 0.5) is 0 Å². The lowest BCUT2D eigenvalue weighted by atomic mass is 10.1. The number of halogens is 1. The summed E-state index contributed by atoms with van der Waals surface area (Å²) >= 11 is 0. The topological polar surface area (TPSA) is 35.2 Å². The maximum atomic E-state index is 5.00. The largest absolute Gasteiger partial charge is 0.297 e. The molecule has 0 aromatic heterocycles. The molecule has 62 valence electrons. The summed E-state index contributed by atoms with van der Waals surface area (Å²) < 4.78 is 0. The van der Waals surface area contributed by atoms with Crippen LogP contribution < -0.4 is 5.90 Å². The zero-order valence-corrected chi connectivity index (χ0v) is 7.17. The second-order valence-corrected chi connectivity index (χ2v) is 2.19. The third kappa shape index (κ3) is 2.89. The Hall–Kier alpha value is -0.570. The Kier molecular flexibility index (Phi) is 4.86. The van der Waals surface area contributed by atoms with Gasteiger partial charge in [0.25, 0.3) is 0 Å². The van der Waals surface area contributed by atoms with Gasteiger partial charge in [-0.15, -0.1) is 12.4 Å². The normalized spacial score (nSPS) is 11.8. The molecule has 3 heteroatoms.